The van der Waals surface area contributed by atoms with Gasteiger partial charge in [-0.25, -0.2) is 0 Å². The Morgan fingerprint density at radius 2 is 1.47 bits per heavy atom. The van der Waals surface area contributed by atoms with Crippen molar-refractivity contribution in [3.05, 3.63) is 83.9 Å². The third-order valence-electron chi connectivity index (χ3n) is 4.74. The Morgan fingerprint density at radius 3 is 2.09 bits per heavy atom. The molecule has 0 aromatic heterocycles. The quantitative estimate of drug-likeness (QED) is 0.345. The SMILES string of the molecule is CCOc1ccc(C(COCc2cccc(Oc3ccc(OC)cc3)c2)C(F)(F)F)cc1. The second kappa shape index (κ2) is 10.9. The molecule has 3 aromatic rings. The van der Waals surface area contributed by atoms with Crippen LogP contribution >= 0.6 is 0 Å². The maximum atomic E-state index is 13.6. The van der Waals surface area contributed by atoms with Gasteiger partial charge in [-0.1, -0.05) is 24.3 Å². The second-order valence-electron chi connectivity index (χ2n) is 7.04. The van der Waals surface area contributed by atoms with Gasteiger partial charge >= 0.3 is 6.18 Å². The van der Waals surface area contributed by atoms with Crippen molar-refractivity contribution in [2.45, 2.75) is 25.6 Å². The molecule has 0 radical (unpaired) electrons. The van der Waals surface area contributed by atoms with E-state index in [1.165, 1.54) is 24.3 Å². The number of halogens is 3. The number of methoxy groups -OCH3 is 1. The first-order valence-corrected chi connectivity index (χ1v) is 10.2. The molecule has 0 aliphatic rings. The van der Waals surface area contributed by atoms with Crippen LogP contribution in [-0.2, 0) is 11.3 Å². The maximum Gasteiger partial charge on any atom is 0.397 e. The lowest BCUT2D eigenvalue weighted by Gasteiger charge is -2.21. The van der Waals surface area contributed by atoms with Crippen molar-refractivity contribution in [1.82, 2.24) is 0 Å². The normalized spacial score (nSPS) is 12.3. The molecule has 170 valence electrons. The average molecular weight is 446 g/mol. The molecule has 0 aliphatic heterocycles. The first-order valence-electron chi connectivity index (χ1n) is 10.2. The van der Waals surface area contributed by atoms with Crippen LogP contribution < -0.4 is 14.2 Å². The molecule has 0 heterocycles. The van der Waals surface area contributed by atoms with Crippen LogP contribution in [0.5, 0.6) is 23.0 Å². The molecule has 3 rings (SSSR count). The van der Waals surface area contributed by atoms with Gasteiger partial charge in [0.15, 0.2) is 0 Å². The van der Waals surface area contributed by atoms with Crippen LogP contribution in [0.4, 0.5) is 13.2 Å². The van der Waals surface area contributed by atoms with E-state index in [4.69, 9.17) is 18.9 Å². The van der Waals surface area contributed by atoms with Gasteiger partial charge in [0.2, 0.25) is 0 Å². The molecule has 0 bridgehead atoms. The largest absolute Gasteiger partial charge is 0.497 e. The van der Waals surface area contributed by atoms with Crippen molar-refractivity contribution in [1.29, 1.82) is 0 Å². The van der Waals surface area contributed by atoms with Crippen molar-refractivity contribution in [3.63, 3.8) is 0 Å². The minimum Gasteiger partial charge on any atom is -0.497 e. The fourth-order valence-corrected chi connectivity index (χ4v) is 3.12. The van der Waals surface area contributed by atoms with E-state index in [1.54, 1.807) is 55.6 Å². The molecular formula is C25H25F3O4. The highest BCUT2D eigenvalue weighted by atomic mass is 19.4. The molecule has 1 atom stereocenters. The van der Waals surface area contributed by atoms with Crippen molar-refractivity contribution >= 4 is 0 Å². The van der Waals surface area contributed by atoms with Gasteiger partial charge in [-0.15, -0.1) is 0 Å². The van der Waals surface area contributed by atoms with E-state index in [9.17, 15) is 13.2 Å². The zero-order valence-electron chi connectivity index (χ0n) is 17.9. The molecule has 32 heavy (non-hydrogen) atoms. The lowest BCUT2D eigenvalue weighted by molar-refractivity contribution is -0.163. The molecule has 0 spiro atoms. The summed E-state index contributed by atoms with van der Waals surface area (Å²) in [5.41, 5.74) is 0.848. The molecule has 0 N–H and O–H groups in total. The monoisotopic (exact) mass is 446 g/mol. The number of hydrogen-bond donors (Lipinski definition) is 0. The van der Waals surface area contributed by atoms with Gasteiger partial charge in [-0.3, -0.25) is 0 Å². The predicted octanol–water partition coefficient (Wildman–Crippen LogP) is 6.75. The lowest BCUT2D eigenvalue weighted by atomic mass is 9.99. The van der Waals surface area contributed by atoms with Crippen molar-refractivity contribution in [2.24, 2.45) is 0 Å². The summed E-state index contributed by atoms with van der Waals surface area (Å²) in [6.07, 6.45) is -4.42. The number of hydrogen-bond acceptors (Lipinski definition) is 4. The van der Waals surface area contributed by atoms with Crippen molar-refractivity contribution < 1.29 is 32.1 Å². The van der Waals surface area contributed by atoms with Gasteiger partial charge in [-0.2, -0.15) is 13.2 Å². The smallest absolute Gasteiger partial charge is 0.397 e. The van der Waals surface area contributed by atoms with Gasteiger partial charge in [0, 0.05) is 0 Å². The summed E-state index contributed by atoms with van der Waals surface area (Å²) in [5, 5.41) is 0. The summed E-state index contributed by atoms with van der Waals surface area (Å²) < 4.78 is 62.5. The topological polar surface area (TPSA) is 36.9 Å². The van der Waals surface area contributed by atoms with Crippen molar-refractivity contribution in [2.75, 3.05) is 20.3 Å². The standard InChI is InChI=1S/C25H25F3O4/c1-3-31-21-9-7-19(8-10-21)24(25(26,27)28)17-30-16-18-5-4-6-23(15-18)32-22-13-11-20(29-2)12-14-22/h4-15,24H,3,16-17H2,1-2H3. The van der Waals surface area contributed by atoms with Crippen LogP contribution in [0.3, 0.4) is 0 Å². The molecule has 7 heteroatoms. The molecular weight excluding hydrogens is 421 g/mol. The highest BCUT2D eigenvalue weighted by Gasteiger charge is 2.40. The summed E-state index contributed by atoms with van der Waals surface area (Å²) in [7, 11) is 1.58. The Kier molecular flexibility index (Phi) is 8.00. The van der Waals surface area contributed by atoms with E-state index >= 15 is 0 Å². The minimum absolute atomic E-state index is 0.0312. The first-order chi connectivity index (χ1) is 15.4. The number of benzene rings is 3. The van der Waals surface area contributed by atoms with Crippen LogP contribution in [0.1, 0.15) is 24.0 Å². The average Bonchev–Trinajstić information content (AvgIpc) is 2.78. The fraction of sp³-hybridized carbons (Fsp3) is 0.280. The number of alkyl halides is 3. The van der Waals surface area contributed by atoms with Gasteiger partial charge in [0.25, 0.3) is 0 Å². The Bertz CT molecular complexity index is 970. The van der Waals surface area contributed by atoms with E-state index in [-0.39, 0.29) is 12.2 Å². The van der Waals surface area contributed by atoms with E-state index in [0.717, 1.165) is 0 Å². The van der Waals surface area contributed by atoms with Gasteiger partial charge < -0.3 is 18.9 Å². The van der Waals surface area contributed by atoms with Crippen LogP contribution in [0, 0.1) is 0 Å². The summed E-state index contributed by atoms with van der Waals surface area (Å²) in [6, 6.07) is 20.1. The maximum absolute atomic E-state index is 13.6. The van der Waals surface area contributed by atoms with Crippen LogP contribution in [0.25, 0.3) is 0 Å². The molecule has 0 fully saturated rings. The Labute approximate surface area is 185 Å². The predicted molar refractivity (Wildman–Crippen MR) is 116 cm³/mol. The molecule has 0 aliphatic carbocycles. The minimum atomic E-state index is -4.42. The Balaban J connectivity index is 1.61. The highest BCUT2D eigenvalue weighted by molar-refractivity contribution is 5.37. The first kappa shape index (κ1) is 23.5. The molecule has 0 saturated heterocycles. The molecule has 3 aromatic carbocycles. The summed E-state index contributed by atoms with van der Waals surface area (Å²) in [4.78, 5) is 0. The molecule has 0 saturated carbocycles. The highest BCUT2D eigenvalue weighted by Crippen LogP contribution is 2.36. The van der Waals surface area contributed by atoms with Crippen LogP contribution in [0.2, 0.25) is 0 Å². The van der Waals surface area contributed by atoms with Gasteiger partial charge in [0.05, 0.1) is 26.9 Å². The van der Waals surface area contributed by atoms with Crippen LogP contribution in [0.15, 0.2) is 72.8 Å². The van der Waals surface area contributed by atoms with E-state index in [1.807, 2.05) is 6.92 Å². The zero-order valence-corrected chi connectivity index (χ0v) is 17.9. The zero-order chi connectivity index (χ0) is 23.0. The van der Waals surface area contributed by atoms with E-state index < -0.39 is 18.7 Å². The van der Waals surface area contributed by atoms with Crippen molar-refractivity contribution in [3.8, 4) is 23.0 Å². The van der Waals surface area contributed by atoms with Gasteiger partial charge in [0.1, 0.15) is 28.9 Å². The summed E-state index contributed by atoms with van der Waals surface area (Å²) in [5.74, 6) is 0.710. The van der Waals surface area contributed by atoms with Crippen LogP contribution in [-0.4, -0.2) is 26.5 Å². The van der Waals surface area contributed by atoms with E-state index in [0.29, 0.717) is 35.2 Å². The number of ether oxygens (including phenoxy) is 4. The Morgan fingerprint density at radius 1 is 0.812 bits per heavy atom. The number of rotatable bonds is 10. The third-order valence-corrected chi connectivity index (χ3v) is 4.74. The summed E-state index contributed by atoms with van der Waals surface area (Å²) in [6.45, 7) is 1.81. The Hall–Kier alpha value is -3.19. The van der Waals surface area contributed by atoms with Gasteiger partial charge in [-0.05, 0) is 66.6 Å². The molecule has 1 unspecified atom stereocenters. The lowest BCUT2D eigenvalue weighted by Crippen LogP contribution is -2.25. The molecule has 4 nitrogen and oxygen atoms in total. The third kappa shape index (κ3) is 6.65. The second-order valence-corrected chi connectivity index (χ2v) is 7.04. The fourth-order valence-electron chi connectivity index (χ4n) is 3.12. The molecule has 0 amide bonds. The summed E-state index contributed by atoms with van der Waals surface area (Å²) >= 11 is 0. The van der Waals surface area contributed by atoms with E-state index in [2.05, 4.69) is 0 Å².